The van der Waals surface area contributed by atoms with Gasteiger partial charge in [0.05, 0.1) is 10.6 Å². The zero-order valence-electron chi connectivity index (χ0n) is 15.2. The Balaban J connectivity index is 1.59. The predicted molar refractivity (Wildman–Crippen MR) is 107 cm³/mol. The molecular formula is C18H25Cl2N3O3S. The molecule has 2 saturated carbocycles. The molecule has 2 aliphatic rings. The summed E-state index contributed by atoms with van der Waals surface area (Å²) >= 11 is 12.0. The highest BCUT2D eigenvalue weighted by molar-refractivity contribution is 7.87. The molecule has 150 valence electrons. The van der Waals surface area contributed by atoms with Crippen molar-refractivity contribution < 1.29 is 13.2 Å². The quantitative estimate of drug-likeness (QED) is 0.558. The third-order valence-electron chi connectivity index (χ3n) is 5.23. The number of hydrogen-bond acceptors (Lipinski definition) is 3. The highest BCUT2D eigenvalue weighted by Gasteiger charge is 2.48. The summed E-state index contributed by atoms with van der Waals surface area (Å²) in [5.74, 6) is 0.455. The summed E-state index contributed by atoms with van der Waals surface area (Å²) in [7, 11) is -3.46. The number of hydrogen-bond donors (Lipinski definition) is 3. The minimum Gasteiger partial charge on any atom is -0.351 e. The van der Waals surface area contributed by atoms with Crippen LogP contribution in [0.1, 0.15) is 49.4 Å². The van der Waals surface area contributed by atoms with E-state index in [2.05, 4.69) is 14.8 Å². The van der Waals surface area contributed by atoms with Crippen molar-refractivity contribution in [2.45, 2.75) is 45.1 Å². The van der Waals surface area contributed by atoms with Crippen LogP contribution in [-0.2, 0) is 10.2 Å². The van der Waals surface area contributed by atoms with Crippen LogP contribution in [0.3, 0.4) is 0 Å². The topological polar surface area (TPSA) is 87.3 Å². The molecule has 0 saturated heterocycles. The van der Waals surface area contributed by atoms with Gasteiger partial charge in [-0.15, -0.1) is 0 Å². The van der Waals surface area contributed by atoms with Gasteiger partial charge in [0.25, 0.3) is 16.1 Å². The predicted octanol–water partition coefficient (Wildman–Crippen LogP) is 3.12. The molecule has 1 amide bonds. The molecule has 0 aliphatic heterocycles. The maximum Gasteiger partial charge on any atom is 0.277 e. The molecule has 0 heterocycles. The number of benzene rings is 1. The smallest absolute Gasteiger partial charge is 0.277 e. The molecule has 0 radical (unpaired) electrons. The Bertz CT molecular complexity index is 806. The first kappa shape index (κ1) is 20.9. The van der Waals surface area contributed by atoms with Crippen LogP contribution in [0.4, 0.5) is 0 Å². The fourth-order valence-corrected chi connectivity index (χ4v) is 5.44. The molecule has 3 N–H and O–H groups in total. The lowest BCUT2D eigenvalue weighted by Gasteiger charge is -2.48. The first-order valence-corrected chi connectivity index (χ1v) is 11.5. The molecule has 2 aliphatic carbocycles. The van der Waals surface area contributed by atoms with E-state index in [1.807, 2.05) is 0 Å². The van der Waals surface area contributed by atoms with Gasteiger partial charge >= 0.3 is 0 Å². The van der Waals surface area contributed by atoms with E-state index >= 15 is 0 Å². The van der Waals surface area contributed by atoms with Crippen LogP contribution in [0.5, 0.6) is 0 Å². The molecule has 0 unspecified atom stereocenters. The van der Waals surface area contributed by atoms with Gasteiger partial charge in [0.2, 0.25) is 0 Å². The Morgan fingerprint density at radius 2 is 1.96 bits per heavy atom. The van der Waals surface area contributed by atoms with Gasteiger partial charge in [-0.25, -0.2) is 4.72 Å². The number of amides is 1. The second-order valence-corrected chi connectivity index (χ2v) is 10.1. The first-order chi connectivity index (χ1) is 12.7. The number of nitrogens with one attached hydrogen (secondary N) is 3. The minimum absolute atomic E-state index is 0.0604. The zero-order valence-corrected chi connectivity index (χ0v) is 17.6. The second kappa shape index (κ2) is 8.25. The largest absolute Gasteiger partial charge is 0.351 e. The lowest BCUT2D eigenvalue weighted by molar-refractivity contribution is 0.0660. The fraction of sp³-hybridized carbons (Fsp3) is 0.611. The Kier molecular flexibility index (Phi) is 6.37. The van der Waals surface area contributed by atoms with E-state index in [0.717, 1.165) is 19.3 Å². The van der Waals surface area contributed by atoms with Crippen LogP contribution < -0.4 is 14.8 Å². The Morgan fingerprint density at radius 1 is 1.26 bits per heavy atom. The van der Waals surface area contributed by atoms with E-state index in [4.69, 9.17) is 23.2 Å². The molecule has 0 aromatic heterocycles. The number of rotatable bonds is 9. The standard InChI is InChI=1S/C18H25Cl2N3O3S/c1-2-22-27(25,26)23-14-9-18(10-14,8-12-3-4-12)11-21-17(24)15-6-5-13(19)7-16(15)20/h5-7,12,14,22-23H,2-4,8-11H2,1H3,(H,21,24). The van der Waals surface area contributed by atoms with E-state index in [1.165, 1.54) is 12.8 Å². The molecule has 1 aromatic rings. The van der Waals surface area contributed by atoms with Crippen molar-refractivity contribution in [1.29, 1.82) is 0 Å². The van der Waals surface area contributed by atoms with E-state index in [-0.39, 0.29) is 17.4 Å². The highest BCUT2D eigenvalue weighted by atomic mass is 35.5. The monoisotopic (exact) mass is 433 g/mol. The van der Waals surface area contributed by atoms with Gasteiger partial charge in [-0.1, -0.05) is 43.0 Å². The molecule has 9 heteroatoms. The van der Waals surface area contributed by atoms with Crippen molar-refractivity contribution in [3.63, 3.8) is 0 Å². The number of carbonyl (C=O) groups excluding carboxylic acids is 1. The van der Waals surface area contributed by atoms with Crippen LogP contribution in [0.2, 0.25) is 10.0 Å². The number of halogens is 2. The summed E-state index contributed by atoms with van der Waals surface area (Å²) in [5.41, 5.74) is 0.334. The van der Waals surface area contributed by atoms with Gasteiger partial charge < -0.3 is 5.32 Å². The van der Waals surface area contributed by atoms with Gasteiger partial charge in [-0.05, 0) is 48.8 Å². The third kappa shape index (κ3) is 5.57. The molecule has 0 spiro atoms. The van der Waals surface area contributed by atoms with Gasteiger partial charge in [-0.2, -0.15) is 13.1 Å². The summed E-state index contributed by atoms with van der Waals surface area (Å²) in [6, 6.07) is 4.70. The number of carbonyl (C=O) groups is 1. The first-order valence-electron chi connectivity index (χ1n) is 9.22. The minimum atomic E-state index is -3.46. The van der Waals surface area contributed by atoms with Crippen LogP contribution >= 0.6 is 23.2 Å². The average molecular weight is 434 g/mol. The van der Waals surface area contributed by atoms with E-state index < -0.39 is 10.2 Å². The normalized spacial score (nSPS) is 25.1. The second-order valence-electron chi connectivity index (χ2n) is 7.68. The van der Waals surface area contributed by atoms with Gasteiger partial charge in [0.1, 0.15) is 0 Å². The Morgan fingerprint density at radius 3 is 2.56 bits per heavy atom. The van der Waals surface area contributed by atoms with Crippen molar-refractivity contribution in [1.82, 2.24) is 14.8 Å². The molecule has 3 rings (SSSR count). The van der Waals surface area contributed by atoms with Crippen molar-refractivity contribution >= 4 is 39.3 Å². The van der Waals surface area contributed by atoms with Gasteiger partial charge in [-0.3, -0.25) is 4.79 Å². The molecule has 6 nitrogen and oxygen atoms in total. The van der Waals surface area contributed by atoms with Gasteiger partial charge in [0.15, 0.2) is 0 Å². The summed E-state index contributed by atoms with van der Waals surface area (Å²) < 4.78 is 28.9. The Labute approximate surface area is 170 Å². The summed E-state index contributed by atoms with van der Waals surface area (Å²) in [5, 5.41) is 3.79. The molecule has 2 fully saturated rings. The van der Waals surface area contributed by atoms with Crippen molar-refractivity contribution in [2.75, 3.05) is 13.1 Å². The van der Waals surface area contributed by atoms with E-state index in [0.29, 0.717) is 34.6 Å². The maximum atomic E-state index is 12.5. The molecule has 27 heavy (non-hydrogen) atoms. The molecule has 0 atom stereocenters. The van der Waals surface area contributed by atoms with Gasteiger partial charge in [0, 0.05) is 24.2 Å². The highest BCUT2D eigenvalue weighted by Crippen LogP contribution is 2.51. The van der Waals surface area contributed by atoms with E-state index in [1.54, 1.807) is 25.1 Å². The van der Waals surface area contributed by atoms with Crippen molar-refractivity contribution in [3.8, 4) is 0 Å². The Hall–Kier alpha value is -0.860. The average Bonchev–Trinajstić information content (AvgIpc) is 3.34. The third-order valence-corrected chi connectivity index (χ3v) is 7.09. The molecule has 0 bridgehead atoms. The molecular weight excluding hydrogens is 409 g/mol. The van der Waals surface area contributed by atoms with E-state index in [9.17, 15) is 13.2 Å². The SMILES string of the molecule is CCNS(=O)(=O)NC1CC(CNC(=O)c2ccc(Cl)cc2Cl)(CC2CC2)C1. The van der Waals surface area contributed by atoms with Crippen LogP contribution in [0, 0.1) is 11.3 Å². The summed E-state index contributed by atoms with van der Waals surface area (Å²) in [6.07, 6.45) is 4.89. The maximum absolute atomic E-state index is 12.5. The van der Waals surface area contributed by atoms with Crippen molar-refractivity contribution in [3.05, 3.63) is 33.8 Å². The lowest BCUT2D eigenvalue weighted by Crippen LogP contribution is -2.56. The van der Waals surface area contributed by atoms with Crippen LogP contribution in [0.25, 0.3) is 0 Å². The van der Waals surface area contributed by atoms with Crippen LogP contribution in [0.15, 0.2) is 18.2 Å². The zero-order chi connectivity index (χ0) is 19.7. The summed E-state index contributed by atoms with van der Waals surface area (Å²) in [4.78, 5) is 12.5. The molecule has 1 aromatic carbocycles. The van der Waals surface area contributed by atoms with Crippen molar-refractivity contribution in [2.24, 2.45) is 11.3 Å². The lowest BCUT2D eigenvalue weighted by atomic mass is 9.63. The summed E-state index contributed by atoms with van der Waals surface area (Å²) in [6.45, 7) is 2.61. The van der Waals surface area contributed by atoms with Crippen LogP contribution in [-0.4, -0.2) is 33.5 Å². The fourth-order valence-electron chi connectivity index (χ4n) is 3.87.